The van der Waals surface area contributed by atoms with Crippen LogP contribution in [0.15, 0.2) is 36.4 Å². The van der Waals surface area contributed by atoms with Gasteiger partial charge < -0.3 is 0 Å². The van der Waals surface area contributed by atoms with E-state index in [9.17, 15) is 0 Å². The Labute approximate surface area is 105 Å². The van der Waals surface area contributed by atoms with Crippen molar-refractivity contribution in [3.8, 4) is 0 Å². The predicted octanol–water partition coefficient (Wildman–Crippen LogP) is 2.46. The predicted molar refractivity (Wildman–Crippen MR) is 78.1 cm³/mol. The van der Waals surface area contributed by atoms with Crippen LogP contribution in [0.4, 0.5) is 0 Å². The molecular formula is C16H19B. The summed E-state index contributed by atoms with van der Waals surface area (Å²) in [6.07, 6.45) is 1.03. The number of rotatable bonds is 2. The summed E-state index contributed by atoms with van der Waals surface area (Å²) < 4.78 is 0. The van der Waals surface area contributed by atoms with Crippen molar-refractivity contribution in [2.75, 3.05) is 0 Å². The quantitative estimate of drug-likeness (QED) is 0.684. The highest BCUT2D eigenvalue weighted by Crippen LogP contribution is 2.15. The fourth-order valence-corrected chi connectivity index (χ4v) is 2.18. The van der Waals surface area contributed by atoms with E-state index < -0.39 is 0 Å². The second-order valence-electron chi connectivity index (χ2n) is 5.03. The highest BCUT2D eigenvalue weighted by molar-refractivity contribution is 6.33. The molecule has 0 heterocycles. The fourth-order valence-electron chi connectivity index (χ4n) is 2.18. The SMILES string of the molecule is Bc1ccc(Cc2ccc(C)cc2C)cc1C. The zero-order valence-electron chi connectivity index (χ0n) is 11.2. The summed E-state index contributed by atoms with van der Waals surface area (Å²) in [7, 11) is 2.16. The summed E-state index contributed by atoms with van der Waals surface area (Å²) >= 11 is 0. The molecule has 0 saturated heterocycles. The summed E-state index contributed by atoms with van der Waals surface area (Å²) in [5.41, 5.74) is 8.31. The van der Waals surface area contributed by atoms with E-state index in [1.165, 1.54) is 33.3 Å². The standard InChI is InChI=1S/C16H19B/c1-11-4-6-15(12(2)8-11)10-14-5-7-16(17)13(3)9-14/h4-9H,10,17H2,1-3H3. The van der Waals surface area contributed by atoms with Crippen LogP contribution in [0.25, 0.3) is 0 Å². The first kappa shape index (κ1) is 12.0. The maximum atomic E-state index is 2.30. The van der Waals surface area contributed by atoms with Crippen molar-refractivity contribution in [3.05, 3.63) is 64.2 Å². The van der Waals surface area contributed by atoms with E-state index >= 15 is 0 Å². The molecule has 0 saturated carbocycles. The normalized spacial score (nSPS) is 10.5. The summed E-state index contributed by atoms with van der Waals surface area (Å²) in [5.74, 6) is 0. The van der Waals surface area contributed by atoms with E-state index in [0.29, 0.717) is 0 Å². The van der Waals surface area contributed by atoms with Crippen LogP contribution in [0, 0.1) is 20.8 Å². The van der Waals surface area contributed by atoms with Crippen LogP contribution in [0.5, 0.6) is 0 Å². The molecule has 0 unspecified atom stereocenters. The van der Waals surface area contributed by atoms with Gasteiger partial charge in [0.1, 0.15) is 7.85 Å². The van der Waals surface area contributed by atoms with Crippen molar-refractivity contribution in [3.63, 3.8) is 0 Å². The third-order valence-electron chi connectivity index (χ3n) is 3.46. The van der Waals surface area contributed by atoms with E-state index in [1.807, 2.05) is 0 Å². The van der Waals surface area contributed by atoms with E-state index in [4.69, 9.17) is 0 Å². The van der Waals surface area contributed by atoms with Crippen molar-refractivity contribution in [1.29, 1.82) is 0 Å². The minimum atomic E-state index is 1.03. The topological polar surface area (TPSA) is 0 Å². The van der Waals surface area contributed by atoms with Gasteiger partial charge in [-0.2, -0.15) is 0 Å². The van der Waals surface area contributed by atoms with Crippen molar-refractivity contribution < 1.29 is 0 Å². The third kappa shape index (κ3) is 2.79. The first-order chi connectivity index (χ1) is 8.06. The molecule has 86 valence electrons. The van der Waals surface area contributed by atoms with Gasteiger partial charge >= 0.3 is 0 Å². The fraction of sp³-hybridized carbons (Fsp3) is 0.250. The lowest BCUT2D eigenvalue weighted by Crippen LogP contribution is -2.07. The molecule has 0 nitrogen and oxygen atoms in total. The van der Waals surface area contributed by atoms with Gasteiger partial charge in [-0.3, -0.25) is 0 Å². The molecule has 2 aromatic rings. The van der Waals surface area contributed by atoms with Crippen LogP contribution < -0.4 is 5.46 Å². The Bertz CT molecular complexity index is 541. The zero-order valence-corrected chi connectivity index (χ0v) is 11.2. The van der Waals surface area contributed by atoms with Crippen LogP contribution in [-0.4, -0.2) is 7.85 Å². The highest BCUT2D eigenvalue weighted by atomic mass is 14.1. The monoisotopic (exact) mass is 222 g/mol. The number of aryl methyl sites for hydroxylation is 3. The Kier molecular flexibility index (Phi) is 3.37. The van der Waals surface area contributed by atoms with E-state index in [0.717, 1.165) is 6.42 Å². The molecule has 17 heavy (non-hydrogen) atoms. The summed E-state index contributed by atoms with van der Waals surface area (Å²) in [4.78, 5) is 0. The van der Waals surface area contributed by atoms with Gasteiger partial charge in [0.15, 0.2) is 0 Å². The van der Waals surface area contributed by atoms with Crippen molar-refractivity contribution in [2.24, 2.45) is 0 Å². The maximum absolute atomic E-state index is 2.30. The molecule has 0 aliphatic heterocycles. The molecule has 0 aromatic heterocycles. The molecule has 1 heteroatoms. The molecule has 0 amide bonds. The number of hydrogen-bond acceptors (Lipinski definition) is 0. The summed E-state index contributed by atoms with van der Waals surface area (Å²) in [6, 6.07) is 13.5. The molecule has 2 rings (SSSR count). The van der Waals surface area contributed by atoms with Gasteiger partial charge in [-0.15, -0.1) is 0 Å². The average molecular weight is 222 g/mol. The second kappa shape index (κ2) is 4.79. The molecule has 0 fully saturated rings. The first-order valence-electron chi connectivity index (χ1n) is 6.18. The Morgan fingerprint density at radius 3 is 2.29 bits per heavy atom. The molecule has 0 aliphatic carbocycles. The van der Waals surface area contributed by atoms with Gasteiger partial charge in [0, 0.05) is 0 Å². The summed E-state index contributed by atoms with van der Waals surface area (Å²) in [5, 5.41) is 0. The molecule has 0 N–H and O–H groups in total. The molecule has 0 bridgehead atoms. The third-order valence-corrected chi connectivity index (χ3v) is 3.46. The molecule has 0 radical (unpaired) electrons. The number of hydrogen-bond donors (Lipinski definition) is 0. The van der Waals surface area contributed by atoms with Gasteiger partial charge in [0.05, 0.1) is 0 Å². The largest absolute Gasteiger partial charge is 0.139 e. The molecular weight excluding hydrogens is 203 g/mol. The van der Waals surface area contributed by atoms with E-state index in [-0.39, 0.29) is 0 Å². The lowest BCUT2D eigenvalue weighted by Gasteiger charge is -2.09. The Balaban J connectivity index is 2.28. The van der Waals surface area contributed by atoms with Crippen LogP contribution in [-0.2, 0) is 6.42 Å². The van der Waals surface area contributed by atoms with E-state index in [1.54, 1.807) is 0 Å². The number of benzene rings is 2. The van der Waals surface area contributed by atoms with Crippen LogP contribution in [0.1, 0.15) is 27.8 Å². The maximum Gasteiger partial charge on any atom is 0.139 e. The first-order valence-corrected chi connectivity index (χ1v) is 6.18. The van der Waals surface area contributed by atoms with Gasteiger partial charge in [-0.1, -0.05) is 53.0 Å². The molecule has 0 spiro atoms. The Morgan fingerprint density at radius 2 is 1.65 bits per heavy atom. The van der Waals surface area contributed by atoms with Crippen LogP contribution in [0.3, 0.4) is 0 Å². The van der Waals surface area contributed by atoms with Gasteiger partial charge in [0.25, 0.3) is 0 Å². The van der Waals surface area contributed by atoms with Gasteiger partial charge in [-0.05, 0) is 43.9 Å². The smallest absolute Gasteiger partial charge is 0.0861 e. The van der Waals surface area contributed by atoms with Crippen LogP contribution >= 0.6 is 0 Å². The van der Waals surface area contributed by atoms with Crippen molar-refractivity contribution in [2.45, 2.75) is 27.2 Å². The Morgan fingerprint density at radius 1 is 0.882 bits per heavy atom. The van der Waals surface area contributed by atoms with E-state index in [2.05, 4.69) is 65.0 Å². The van der Waals surface area contributed by atoms with Gasteiger partial charge in [0.2, 0.25) is 0 Å². The zero-order chi connectivity index (χ0) is 12.4. The minimum absolute atomic E-state index is 1.03. The van der Waals surface area contributed by atoms with Crippen molar-refractivity contribution >= 4 is 13.3 Å². The minimum Gasteiger partial charge on any atom is -0.0861 e. The Hall–Kier alpha value is -1.50. The van der Waals surface area contributed by atoms with Gasteiger partial charge in [-0.25, -0.2) is 0 Å². The molecule has 0 atom stereocenters. The summed E-state index contributed by atoms with van der Waals surface area (Å²) in [6.45, 7) is 6.52. The molecule has 0 aliphatic rings. The lowest BCUT2D eigenvalue weighted by atomic mass is 9.88. The van der Waals surface area contributed by atoms with Crippen LogP contribution in [0.2, 0.25) is 0 Å². The lowest BCUT2D eigenvalue weighted by molar-refractivity contribution is 1.14. The average Bonchev–Trinajstić information content (AvgIpc) is 2.27. The highest BCUT2D eigenvalue weighted by Gasteiger charge is 2.01. The van der Waals surface area contributed by atoms with Crippen molar-refractivity contribution in [1.82, 2.24) is 0 Å². The molecule has 2 aromatic carbocycles. The second-order valence-corrected chi connectivity index (χ2v) is 5.03.